The Morgan fingerprint density at radius 1 is 1.43 bits per heavy atom. The summed E-state index contributed by atoms with van der Waals surface area (Å²) >= 11 is 6.75. The van der Waals surface area contributed by atoms with Crippen molar-refractivity contribution in [3.05, 3.63) is 32.7 Å². The number of nitrogens with zero attached hydrogens (tertiary/aromatic N) is 1. The molecular weight excluding hydrogens is 331 g/mol. The van der Waals surface area contributed by atoms with E-state index < -0.39 is 0 Å². The maximum absolute atomic E-state index is 8.50. The molecule has 1 atom stereocenters. The first-order chi connectivity index (χ1) is 6.15. The molecule has 0 aliphatic heterocycles. The summed E-state index contributed by atoms with van der Waals surface area (Å²) in [7, 11) is 0. The van der Waals surface area contributed by atoms with Crippen molar-refractivity contribution in [2.24, 2.45) is 5.73 Å². The monoisotopic (exact) mass is 338 g/mol. The first kappa shape index (κ1) is 13.9. The van der Waals surface area contributed by atoms with Crippen molar-refractivity contribution in [2.75, 3.05) is 0 Å². The maximum Gasteiger partial charge on any atom is 0.0641 e. The van der Waals surface area contributed by atoms with Gasteiger partial charge in [0, 0.05) is 15.0 Å². The van der Waals surface area contributed by atoms with E-state index in [1.165, 1.54) is 0 Å². The third kappa shape index (κ3) is 3.58. The highest BCUT2D eigenvalue weighted by Gasteiger charge is 2.09. The van der Waals surface area contributed by atoms with Gasteiger partial charge in [-0.1, -0.05) is 31.9 Å². The zero-order valence-corrected chi connectivity index (χ0v) is 11.2. The van der Waals surface area contributed by atoms with E-state index in [2.05, 4.69) is 37.9 Å². The van der Waals surface area contributed by atoms with Crippen molar-refractivity contribution >= 4 is 44.3 Å². The van der Waals surface area contributed by atoms with Crippen molar-refractivity contribution in [1.82, 2.24) is 0 Å². The zero-order valence-electron chi connectivity index (χ0n) is 7.21. The number of benzene rings is 1. The topological polar surface area (TPSA) is 49.8 Å². The second kappa shape index (κ2) is 6.41. The van der Waals surface area contributed by atoms with E-state index in [9.17, 15) is 0 Å². The van der Waals surface area contributed by atoms with Crippen molar-refractivity contribution in [2.45, 2.75) is 12.5 Å². The van der Waals surface area contributed by atoms with Crippen LogP contribution >= 0.6 is 44.3 Å². The molecule has 0 heterocycles. The molecule has 5 heteroatoms. The molecule has 2 N–H and O–H groups in total. The Bertz CT molecular complexity index is 349. The van der Waals surface area contributed by atoms with Crippen LogP contribution in [0.25, 0.3) is 0 Å². The van der Waals surface area contributed by atoms with Gasteiger partial charge in [-0.25, -0.2) is 0 Å². The van der Waals surface area contributed by atoms with Crippen LogP contribution in [0.4, 0.5) is 0 Å². The van der Waals surface area contributed by atoms with E-state index in [4.69, 9.17) is 11.0 Å². The molecule has 0 aliphatic carbocycles. The van der Waals surface area contributed by atoms with E-state index in [1.54, 1.807) is 0 Å². The number of nitrogens with two attached hydrogens (primary N) is 1. The molecule has 0 fully saturated rings. The third-order valence-electron chi connectivity index (χ3n) is 1.67. The molecule has 0 aromatic heterocycles. The molecule has 14 heavy (non-hydrogen) atoms. The molecule has 1 aromatic rings. The average molecular weight is 340 g/mol. The molecule has 76 valence electrons. The highest BCUT2D eigenvalue weighted by Crippen LogP contribution is 2.26. The van der Waals surface area contributed by atoms with Gasteiger partial charge in [-0.2, -0.15) is 5.26 Å². The fraction of sp³-hybridized carbons (Fsp3) is 0.222. The summed E-state index contributed by atoms with van der Waals surface area (Å²) < 4.78 is 1.91. The van der Waals surface area contributed by atoms with Crippen LogP contribution in [0, 0.1) is 11.3 Å². The summed E-state index contributed by atoms with van der Waals surface area (Å²) in [6.07, 6.45) is 0.328. The maximum atomic E-state index is 8.50. The number of hydrogen-bond acceptors (Lipinski definition) is 2. The van der Waals surface area contributed by atoms with Crippen LogP contribution in [-0.2, 0) is 0 Å². The Kier molecular flexibility index (Phi) is 6.38. The molecule has 0 aliphatic rings. The molecule has 0 radical (unpaired) electrons. The van der Waals surface area contributed by atoms with Crippen LogP contribution in [0.3, 0.4) is 0 Å². The lowest BCUT2D eigenvalue weighted by atomic mass is 10.1. The number of rotatable bonds is 2. The molecule has 2 nitrogen and oxygen atoms in total. The van der Waals surface area contributed by atoms with Gasteiger partial charge in [0.2, 0.25) is 0 Å². The van der Waals surface area contributed by atoms with Crippen LogP contribution in [-0.4, -0.2) is 0 Å². The smallest absolute Gasteiger partial charge is 0.0641 e. The SMILES string of the molecule is Cl.N#CC[C@@H](N)c1cc(Br)ccc1Br. The minimum atomic E-state index is -0.225. The normalized spacial score (nSPS) is 11.3. The molecule has 0 saturated heterocycles. The second-order valence-corrected chi connectivity index (χ2v) is 4.40. The van der Waals surface area contributed by atoms with Crippen LogP contribution in [0.5, 0.6) is 0 Å². The van der Waals surface area contributed by atoms with Gasteiger partial charge < -0.3 is 5.73 Å². The van der Waals surface area contributed by atoms with Gasteiger partial charge in [-0.3, -0.25) is 0 Å². The second-order valence-electron chi connectivity index (χ2n) is 2.63. The molecule has 1 rings (SSSR count). The Morgan fingerprint density at radius 2 is 2.07 bits per heavy atom. The van der Waals surface area contributed by atoms with Crippen LogP contribution < -0.4 is 5.73 Å². The molecule has 0 spiro atoms. The first-order valence-electron chi connectivity index (χ1n) is 3.72. The number of halogens is 3. The van der Waals surface area contributed by atoms with Gasteiger partial charge in [-0.15, -0.1) is 12.4 Å². The van der Waals surface area contributed by atoms with Gasteiger partial charge >= 0.3 is 0 Å². The highest BCUT2D eigenvalue weighted by molar-refractivity contribution is 9.11. The van der Waals surface area contributed by atoms with Gasteiger partial charge in [0.05, 0.1) is 12.5 Å². The summed E-state index contributed by atoms with van der Waals surface area (Å²) in [5.41, 5.74) is 6.76. The summed E-state index contributed by atoms with van der Waals surface area (Å²) in [6, 6.07) is 7.59. The molecule has 0 amide bonds. The van der Waals surface area contributed by atoms with E-state index in [0.29, 0.717) is 6.42 Å². The average Bonchev–Trinajstić information content (AvgIpc) is 2.09. The fourth-order valence-corrected chi connectivity index (χ4v) is 1.93. The molecular formula is C9H9Br2ClN2. The summed E-state index contributed by atoms with van der Waals surface area (Å²) in [5, 5.41) is 8.50. The Labute approximate surface area is 106 Å². The van der Waals surface area contributed by atoms with Crippen molar-refractivity contribution < 1.29 is 0 Å². The van der Waals surface area contributed by atoms with Crippen LogP contribution in [0.2, 0.25) is 0 Å². The largest absolute Gasteiger partial charge is 0.323 e. The number of nitriles is 1. The minimum absolute atomic E-state index is 0. The Morgan fingerprint density at radius 3 is 2.64 bits per heavy atom. The van der Waals surface area contributed by atoms with Gasteiger partial charge in [0.25, 0.3) is 0 Å². The lowest BCUT2D eigenvalue weighted by Crippen LogP contribution is -2.09. The van der Waals surface area contributed by atoms with Crippen LogP contribution in [0.1, 0.15) is 18.0 Å². The first-order valence-corrected chi connectivity index (χ1v) is 5.31. The standard InChI is InChI=1S/C9H8Br2N2.ClH/c10-6-1-2-8(11)7(5-6)9(13)3-4-12;/h1-2,5,9H,3,13H2;1H/t9-;/m1./s1. The van der Waals surface area contributed by atoms with Gasteiger partial charge in [0.15, 0.2) is 0 Å². The summed E-state index contributed by atoms with van der Waals surface area (Å²) in [4.78, 5) is 0. The predicted molar refractivity (Wildman–Crippen MR) is 66.2 cm³/mol. The quantitative estimate of drug-likeness (QED) is 0.895. The highest BCUT2D eigenvalue weighted by atomic mass is 79.9. The lowest BCUT2D eigenvalue weighted by molar-refractivity contribution is 0.744. The molecule has 1 aromatic carbocycles. The van der Waals surface area contributed by atoms with Gasteiger partial charge in [0.1, 0.15) is 0 Å². The summed E-state index contributed by atoms with van der Waals surface area (Å²) in [5.74, 6) is 0. The van der Waals surface area contributed by atoms with Crippen molar-refractivity contribution in [3.8, 4) is 6.07 Å². The minimum Gasteiger partial charge on any atom is -0.323 e. The number of hydrogen-bond donors (Lipinski definition) is 1. The Hall–Kier alpha value is -0.0800. The van der Waals surface area contributed by atoms with Crippen molar-refractivity contribution in [3.63, 3.8) is 0 Å². The van der Waals surface area contributed by atoms with E-state index in [0.717, 1.165) is 14.5 Å². The third-order valence-corrected chi connectivity index (χ3v) is 2.88. The van der Waals surface area contributed by atoms with E-state index in [-0.39, 0.29) is 18.4 Å². The molecule has 0 bridgehead atoms. The van der Waals surface area contributed by atoms with Gasteiger partial charge in [-0.05, 0) is 23.8 Å². The zero-order chi connectivity index (χ0) is 9.84. The molecule has 0 saturated carbocycles. The predicted octanol–water partition coefficient (Wildman–Crippen LogP) is 3.55. The van der Waals surface area contributed by atoms with E-state index >= 15 is 0 Å². The van der Waals surface area contributed by atoms with Crippen molar-refractivity contribution in [1.29, 1.82) is 5.26 Å². The molecule has 0 unspecified atom stereocenters. The lowest BCUT2D eigenvalue weighted by Gasteiger charge is -2.10. The van der Waals surface area contributed by atoms with E-state index in [1.807, 2.05) is 18.2 Å². The van der Waals surface area contributed by atoms with Crippen LogP contribution in [0.15, 0.2) is 27.1 Å². The Balaban J connectivity index is 0.00000169. The fourth-order valence-electron chi connectivity index (χ4n) is 1.01. The summed E-state index contributed by atoms with van der Waals surface area (Å²) in [6.45, 7) is 0.